The molecule has 0 aromatic heterocycles. The fourth-order valence-electron chi connectivity index (χ4n) is 0.397. The fourth-order valence-corrected chi connectivity index (χ4v) is 1.19. The number of carboxylic acid groups (broad SMARTS) is 1. The molecule has 3 N–H and O–H groups in total. The number of aliphatic carboxylic acids is 1. The second-order valence-electron chi connectivity index (χ2n) is 2.04. The Morgan fingerprint density at radius 2 is 2.10 bits per heavy atom. The van der Waals surface area contributed by atoms with Crippen LogP contribution in [0.2, 0.25) is 0 Å². The van der Waals surface area contributed by atoms with E-state index >= 15 is 0 Å². The first-order chi connectivity index (χ1) is 4.33. The Morgan fingerprint density at radius 3 is 2.20 bits per heavy atom. The van der Waals surface area contributed by atoms with Crippen molar-refractivity contribution in [3.05, 3.63) is 0 Å². The van der Waals surface area contributed by atoms with Crippen molar-refractivity contribution in [1.29, 1.82) is 0 Å². The van der Waals surface area contributed by atoms with Gasteiger partial charge in [-0.3, -0.25) is 4.79 Å². The second kappa shape index (κ2) is 2.98. The van der Waals surface area contributed by atoms with E-state index in [0.717, 1.165) is 6.26 Å². The Morgan fingerprint density at radius 1 is 1.70 bits per heavy atom. The zero-order chi connectivity index (χ0) is 8.36. The molecule has 0 aliphatic rings. The van der Waals surface area contributed by atoms with Crippen LogP contribution in [-0.4, -0.2) is 37.5 Å². The van der Waals surface area contributed by atoms with Crippen LogP contribution in [0.4, 0.5) is 0 Å². The van der Waals surface area contributed by atoms with Crippen LogP contribution in [0.3, 0.4) is 0 Å². The fraction of sp³-hybridized carbons (Fsp3) is 0.750. The molecule has 0 amide bonds. The van der Waals surface area contributed by atoms with E-state index in [2.05, 4.69) is 0 Å². The average molecular weight is 167 g/mol. The van der Waals surface area contributed by atoms with Crippen LogP contribution in [-0.2, 0) is 14.6 Å². The van der Waals surface area contributed by atoms with Gasteiger partial charge in [0.1, 0.15) is 15.9 Å². The van der Waals surface area contributed by atoms with Gasteiger partial charge in [-0.15, -0.1) is 0 Å². The lowest BCUT2D eigenvalue weighted by molar-refractivity contribution is -0.137. The smallest absolute Gasteiger partial charge is 0.321 e. The maximum absolute atomic E-state index is 10.4. The van der Waals surface area contributed by atoms with Crippen LogP contribution in [0.15, 0.2) is 0 Å². The molecule has 0 radical (unpaired) electrons. The predicted octanol–water partition coefficient (Wildman–Crippen LogP) is -1.56. The van der Waals surface area contributed by atoms with Gasteiger partial charge in [-0.25, -0.2) is 8.42 Å². The number of hydrogen-bond donors (Lipinski definition) is 2. The maximum Gasteiger partial charge on any atom is 0.321 e. The highest BCUT2D eigenvalue weighted by Gasteiger charge is 2.16. The van der Waals surface area contributed by atoms with E-state index < -0.39 is 27.6 Å². The van der Waals surface area contributed by atoms with Crippen molar-refractivity contribution in [3.63, 3.8) is 0 Å². The summed E-state index contributed by atoms with van der Waals surface area (Å²) in [6.07, 6.45) is 0.940. The van der Waals surface area contributed by atoms with Gasteiger partial charge in [0.05, 0.1) is 5.75 Å². The zero-order valence-corrected chi connectivity index (χ0v) is 6.26. The van der Waals surface area contributed by atoms with Crippen LogP contribution < -0.4 is 5.73 Å². The van der Waals surface area contributed by atoms with Gasteiger partial charge in [0.2, 0.25) is 0 Å². The third-order valence-corrected chi connectivity index (χ3v) is 1.76. The second-order valence-corrected chi connectivity index (χ2v) is 4.22. The van der Waals surface area contributed by atoms with Crippen molar-refractivity contribution in [2.45, 2.75) is 6.04 Å². The largest absolute Gasteiger partial charge is 0.480 e. The molecule has 0 spiro atoms. The molecule has 0 saturated heterocycles. The molecular weight excluding hydrogens is 158 g/mol. The van der Waals surface area contributed by atoms with E-state index in [4.69, 9.17) is 10.8 Å². The van der Waals surface area contributed by atoms with E-state index in [9.17, 15) is 13.2 Å². The van der Waals surface area contributed by atoms with E-state index in [0.29, 0.717) is 0 Å². The lowest BCUT2D eigenvalue weighted by Gasteiger charge is -2.02. The Kier molecular flexibility index (Phi) is 2.79. The molecule has 0 heterocycles. The summed E-state index contributed by atoms with van der Waals surface area (Å²) in [5.41, 5.74) is 4.92. The van der Waals surface area contributed by atoms with Gasteiger partial charge in [0.25, 0.3) is 0 Å². The van der Waals surface area contributed by atoms with Gasteiger partial charge < -0.3 is 10.8 Å². The van der Waals surface area contributed by atoms with Crippen molar-refractivity contribution in [1.82, 2.24) is 0 Å². The summed E-state index contributed by atoms with van der Waals surface area (Å²) in [5, 5.41) is 8.16. The Labute approximate surface area is 58.8 Å². The summed E-state index contributed by atoms with van der Waals surface area (Å²) >= 11 is 0. The van der Waals surface area contributed by atoms with Gasteiger partial charge >= 0.3 is 5.97 Å². The van der Waals surface area contributed by atoms with Gasteiger partial charge in [-0.2, -0.15) is 0 Å². The molecular formula is C4H9NO4S. The SMILES string of the molecule is CS(=O)(=O)C[C@H](N)C(=O)O. The first kappa shape index (κ1) is 9.38. The summed E-state index contributed by atoms with van der Waals surface area (Å²) in [4.78, 5) is 9.99. The summed E-state index contributed by atoms with van der Waals surface area (Å²) in [7, 11) is -3.27. The van der Waals surface area contributed by atoms with Crippen molar-refractivity contribution >= 4 is 15.8 Å². The van der Waals surface area contributed by atoms with Gasteiger partial charge in [-0.1, -0.05) is 0 Å². The topological polar surface area (TPSA) is 97.5 Å². The molecule has 0 saturated carbocycles. The zero-order valence-electron chi connectivity index (χ0n) is 5.44. The average Bonchev–Trinajstić information content (AvgIpc) is 1.60. The Hall–Kier alpha value is -0.620. The molecule has 0 rings (SSSR count). The standard InChI is InChI=1S/C4H9NO4S/c1-10(8,9)2-3(5)4(6)7/h3H,2,5H2,1H3,(H,6,7)/t3-/m0/s1. The first-order valence-corrected chi connectivity index (χ1v) is 4.55. The minimum atomic E-state index is -3.27. The minimum absolute atomic E-state index is 0.512. The highest BCUT2D eigenvalue weighted by Crippen LogP contribution is 1.87. The first-order valence-electron chi connectivity index (χ1n) is 2.49. The quantitative estimate of drug-likeness (QED) is 0.530. The summed E-state index contributed by atoms with van der Waals surface area (Å²) in [5.74, 6) is -1.81. The summed E-state index contributed by atoms with van der Waals surface area (Å²) in [6, 6.07) is -1.31. The number of hydrogen-bond acceptors (Lipinski definition) is 4. The molecule has 0 aliphatic heterocycles. The molecule has 6 heteroatoms. The van der Waals surface area contributed by atoms with E-state index in [1.54, 1.807) is 0 Å². The molecule has 1 atom stereocenters. The number of sulfone groups is 1. The molecule has 10 heavy (non-hydrogen) atoms. The lowest BCUT2D eigenvalue weighted by Crippen LogP contribution is -2.36. The number of rotatable bonds is 3. The maximum atomic E-state index is 10.4. The van der Waals surface area contributed by atoms with Crippen LogP contribution in [0, 0.1) is 0 Å². The third-order valence-electron chi connectivity index (χ3n) is 0.800. The van der Waals surface area contributed by atoms with Crippen molar-refractivity contribution in [3.8, 4) is 0 Å². The highest BCUT2D eigenvalue weighted by atomic mass is 32.2. The van der Waals surface area contributed by atoms with Crippen molar-refractivity contribution < 1.29 is 18.3 Å². The third kappa shape index (κ3) is 4.28. The van der Waals surface area contributed by atoms with Crippen LogP contribution >= 0.6 is 0 Å². The molecule has 0 aromatic carbocycles. The van der Waals surface area contributed by atoms with Crippen LogP contribution in [0.5, 0.6) is 0 Å². The molecule has 60 valence electrons. The van der Waals surface area contributed by atoms with Gasteiger partial charge in [0.15, 0.2) is 0 Å². The highest BCUT2D eigenvalue weighted by molar-refractivity contribution is 7.90. The summed E-state index contributed by atoms with van der Waals surface area (Å²) < 4.78 is 20.8. The molecule has 0 aromatic rings. The monoisotopic (exact) mass is 167 g/mol. The van der Waals surface area contributed by atoms with E-state index in [-0.39, 0.29) is 0 Å². The minimum Gasteiger partial charge on any atom is -0.480 e. The Balaban J connectivity index is 4.06. The lowest BCUT2D eigenvalue weighted by atomic mass is 10.4. The van der Waals surface area contributed by atoms with Gasteiger partial charge in [-0.05, 0) is 0 Å². The predicted molar refractivity (Wildman–Crippen MR) is 35.3 cm³/mol. The number of nitrogens with two attached hydrogens (primary N) is 1. The number of carbonyl (C=O) groups is 1. The van der Waals surface area contributed by atoms with E-state index in [1.165, 1.54) is 0 Å². The van der Waals surface area contributed by atoms with Crippen LogP contribution in [0.25, 0.3) is 0 Å². The summed E-state index contributed by atoms with van der Waals surface area (Å²) in [6.45, 7) is 0. The molecule has 0 bridgehead atoms. The molecule has 0 unspecified atom stereocenters. The van der Waals surface area contributed by atoms with Crippen molar-refractivity contribution in [2.24, 2.45) is 5.73 Å². The van der Waals surface area contributed by atoms with E-state index in [1.807, 2.05) is 0 Å². The number of carboxylic acids is 1. The molecule has 0 aliphatic carbocycles. The van der Waals surface area contributed by atoms with Crippen molar-refractivity contribution in [2.75, 3.05) is 12.0 Å². The normalized spacial score (nSPS) is 14.6. The molecule has 5 nitrogen and oxygen atoms in total. The molecule has 0 fully saturated rings. The Bertz CT molecular complexity index is 219. The van der Waals surface area contributed by atoms with Crippen LogP contribution in [0.1, 0.15) is 0 Å². The van der Waals surface area contributed by atoms with Gasteiger partial charge in [0, 0.05) is 6.26 Å².